The predicted molar refractivity (Wildman–Crippen MR) is 107 cm³/mol. The van der Waals surface area contributed by atoms with Gasteiger partial charge in [-0.2, -0.15) is 5.10 Å². The molecule has 1 N–H and O–H groups in total. The first kappa shape index (κ1) is 20.0. The minimum atomic E-state index is -0.283. The zero-order valence-electron chi connectivity index (χ0n) is 15.2. The Bertz CT molecular complexity index is 775. The number of amides is 1. The number of rotatable bonds is 8. The minimum absolute atomic E-state index is 0.283. The largest absolute Gasteiger partial charge is 0.493 e. The Hall–Kier alpha value is -2.34. The summed E-state index contributed by atoms with van der Waals surface area (Å²) in [6.07, 6.45) is 2.54. The Balaban J connectivity index is 1.99. The van der Waals surface area contributed by atoms with Crippen LogP contribution in [-0.2, 0) is 0 Å². The lowest BCUT2D eigenvalue weighted by Crippen LogP contribution is -2.18. The molecular weight excluding hydrogens is 396 g/mol. The molecule has 2 aromatic rings. The lowest BCUT2D eigenvalue weighted by atomic mass is 10.1. The number of hydrogen-bond donors (Lipinski definition) is 1. The molecule has 1 amide bonds. The molecule has 2 aromatic carbocycles. The van der Waals surface area contributed by atoms with Gasteiger partial charge in [-0.15, -0.1) is 0 Å². The summed E-state index contributed by atoms with van der Waals surface area (Å²) in [5.41, 5.74) is 3.84. The van der Waals surface area contributed by atoms with Crippen LogP contribution in [0.1, 0.15) is 36.2 Å². The van der Waals surface area contributed by atoms with Crippen molar-refractivity contribution in [2.45, 2.75) is 20.3 Å². The van der Waals surface area contributed by atoms with E-state index >= 15 is 0 Å². The van der Waals surface area contributed by atoms with Gasteiger partial charge in [0.15, 0.2) is 11.5 Å². The van der Waals surface area contributed by atoms with Gasteiger partial charge in [-0.3, -0.25) is 4.79 Å². The number of ether oxygens (including phenoxy) is 2. The predicted octanol–water partition coefficient (Wildman–Crippen LogP) is 4.65. The SMILES string of the molecule is COc1cc(/C=N\NC(=O)c2ccccc2Br)ccc1OCCC(C)C. The molecule has 2 rings (SSSR count). The molecule has 0 aliphatic heterocycles. The smallest absolute Gasteiger partial charge is 0.272 e. The van der Waals surface area contributed by atoms with Crippen LogP contribution in [0.2, 0.25) is 0 Å². The second kappa shape index (κ2) is 9.97. The van der Waals surface area contributed by atoms with Gasteiger partial charge < -0.3 is 9.47 Å². The Kier molecular flexibility index (Phi) is 7.66. The maximum Gasteiger partial charge on any atom is 0.272 e. The lowest BCUT2D eigenvalue weighted by Gasteiger charge is -2.12. The van der Waals surface area contributed by atoms with E-state index in [0.29, 0.717) is 29.6 Å². The number of carbonyl (C=O) groups is 1. The number of hydrazone groups is 1. The Morgan fingerprint density at radius 2 is 2.00 bits per heavy atom. The van der Waals surface area contributed by atoms with Crippen molar-refractivity contribution in [1.29, 1.82) is 0 Å². The molecule has 0 saturated carbocycles. The Morgan fingerprint density at radius 3 is 2.69 bits per heavy atom. The third kappa shape index (κ3) is 5.88. The van der Waals surface area contributed by atoms with Gasteiger partial charge in [0.2, 0.25) is 0 Å². The van der Waals surface area contributed by atoms with Gasteiger partial charge in [0, 0.05) is 4.47 Å². The quantitative estimate of drug-likeness (QED) is 0.501. The van der Waals surface area contributed by atoms with Crippen molar-refractivity contribution < 1.29 is 14.3 Å². The number of nitrogens with zero attached hydrogens (tertiary/aromatic N) is 1. The maximum absolute atomic E-state index is 12.1. The van der Waals surface area contributed by atoms with Crippen molar-refractivity contribution in [1.82, 2.24) is 5.43 Å². The van der Waals surface area contributed by atoms with Crippen LogP contribution in [0.3, 0.4) is 0 Å². The molecule has 0 radical (unpaired) electrons. The van der Waals surface area contributed by atoms with E-state index in [1.54, 1.807) is 25.5 Å². The van der Waals surface area contributed by atoms with E-state index in [1.165, 1.54) is 0 Å². The lowest BCUT2D eigenvalue weighted by molar-refractivity contribution is 0.0954. The van der Waals surface area contributed by atoms with Gasteiger partial charge in [-0.05, 0) is 64.2 Å². The second-order valence-electron chi connectivity index (χ2n) is 6.12. The normalized spacial score (nSPS) is 11.0. The van der Waals surface area contributed by atoms with Gasteiger partial charge >= 0.3 is 0 Å². The van der Waals surface area contributed by atoms with Gasteiger partial charge in [-0.25, -0.2) is 5.43 Å². The van der Waals surface area contributed by atoms with Crippen LogP contribution in [0.15, 0.2) is 52.0 Å². The van der Waals surface area contributed by atoms with E-state index in [0.717, 1.165) is 16.5 Å². The molecular formula is C20H23BrN2O3. The molecule has 0 heterocycles. The molecule has 0 spiro atoms. The number of nitrogens with one attached hydrogen (secondary N) is 1. The highest BCUT2D eigenvalue weighted by atomic mass is 79.9. The summed E-state index contributed by atoms with van der Waals surface area (Å²) in [6.45, 7) is 4.95. The zero-order chi connectivity index (χ0) is 18.9. The minimum Gasteiger partial charge on any atom is -0.493 e. The number of benzene rings is 2. The highest BCUT2D eigenvalue weighted by Crippen LogP contribution is 2.28. The van der Waals surface area contributed by atoms with E-state index in [4.69, 9.17) is 9.47 Å². The van der Waals surface area contributed by atoms with Crippen molar-refractivity contribution in [3.05, 3.63) is 58.1 Å². The molecule has 26 heavy (non-hydrogen) atoms. The van der Waals surface area contributed by atoms with E-state index in [2.05, 4.69) is 40.3 Å². The van der Waals surface area contributed by atoms with Crippen molar-refractivity contribution in [3.63, 3.8) is 0 Å². The maximum atomic E-state index is 12.1. The molecule has 0 atom stereocenters. The number of halogens is 1. The van der Waals surface area contributed by atoms with E-state index in [9.17, 15) is 4.79 Å². The molecule has 0 bridgehead atoms. The molecule has 5 nitrogen and oxygen atoms in total. The fraction of sp³-hybridized carbons (Fsp3) is 0.300. The summed E-state index contributed by atoms with van der Waals surface area (Å²) < 4.78 is 11.9. The fourth-order valence-corrected chi connectivity index (χ4v) is 2.62. The molecule has 0 aromatic heterocycles. The molecule has 0 unspecified atom stereocenters. The van der Waals surface area contributed by atoms with Crippen LogP contribution in [0.5, 0.6) is 11.5 Å². The molecule has 0 aliphatic carbocycles. The van der Waals surface area contributed by atoms with Gasteiger partial charge in [0.05, 0.1) is 25.5 Å². The van der Waals surface area contributed by atoms with E-state index in [-0.39, 0.29) is 5.91 Å². The first-order chi connectivity index (χ1) is 12.5. The van der Waals surface area contributed by atoms with Crippen LogP contribution < -0.4 is 14.9 Å². The average molecular weight is 419 g/mol. The highest BCUT2D eigenvalue weighted by molar-refractivity contribution is 9.10. The number of methoxy groups -OCH3 is 1. The summed E-state index contributed by atoms with van der Waals surface area (Å²) in [6, 6.07) is 12.7. The number of carbonyl (C=O) groups excluding carboxylic acids is 1. The fourth-order valence-electron chi connectivity index (χ4n) is 2.16. The number of hydrogen-bond acceptors (Lipinski definition) is 4. The Morgan fingerprint density at radius 1 is 1.23 bits per heavy atom. The third-order valence-electron chi connectivity index (χ3n) is 3.64. The second-order valence-corrected chi connectivity index (χ2v) is 6.97. The molecule has 6 heteroatoms. The van der Waals surface area contributed by atoms with Crippen molar-refractivity contribution >= 4 is 28.1 Å². The Labute approximate surface area is 162 Å². The highest BCUT2D eigenvalue weighted by Gasteiger charge is 2.08. The van der Waals surface area contributed by atoms with Crippen LogP contribution >= 0.6 is 15.9 Å². The average Bonchev–Trinajstić information content (AvgIpc) is 2.62. The van der Waals surface area contributed by atoms with Crippen molar-refractivity contribution in [2.24, 2.45) is 11.0 Å². The van der Waals surface area contributed by atoms with Crippen LogP contribution in [-0.4, -0.2) is 25.8 Å². The summed E-state index contributed by atoms with van der Waals surface area (Å²) in [7, 11) is 1.60. The van der Waals surface area contributed by atoms with Gasteiger partial charge in [-0.1, -0.05) is 26.0 Å². The van der Waals surface area contributed by atoms with Crippen LogP contribution in [0.25, 0.3) is 0 Å². The van der Waals surface area contributed by atoms with Crippen molar-refractivity contribution in [2.75, 3.05) is 13.7 Å². The zero-order valence-corrected chi connectivity index (χ0v) is 16.7. The molecule has 0 fully saturated rings. The van der Waals surface area contributed by atoms with E-state index < -0.39 is 0 Å². The molecule has 0 aliphatic rings. The first-order valence-corrected chi connectivity index (χ1v) is 9.19. The standard InChI is InChI=1S/C20H23BrN2O3/c1-14(2)10-11-26-18-9-8-15(12-19(18)25-3)13-22-23-20(24)16-6-4-5-7-17(16)21/h4-9,12-14H,10-11H2,1-3H3,(H,23,24)/b22-13-. The summed E-state index contributed by atoms with van der Waals surface area (Å²) in [4.78, 5) is 12.1. The van der Waals surface area contributed by atoms with Gasteiger partial charge in [0.1, 0.15) is 0 Å². The first-order valence-electron chi connectivity index (χ1n) is 8.40. The van der Waals surface area contributed by atoms with Crippen LogP contribution in [0, 0.1) is 5.92 Å². The molecule has 0 saturated heterocycles. The van der Waals surface area contributed by atoms with Gasteiger partial charge in [0.25, 0.3) is 5.91 Å². The summed E-state index contributed by atoms with van der Waals surface area (Å²) in [5.74, 6) is 1.63. The summed E-state index contributed by atoms with van der Waals surface area (Å²) in [5, 5.41) is 4.01. The summed E-state index contributed by atoms with van der Waals surface area (Å²) >= 11 is 3.35. The third-order valence-corrected chi connectivity index (χ3v) is 4.33. The molecule has 138 valence electrons. The monoisotopic (exact) mass is 418 g/mol. The van der Waals surface area contributed by atoms with Crippen molar-refractivity contribution in [3.8, 4) is 11.5 Å². The topological polar surface area (TPSA) is 59.9 Å². The van der Waals surface area contributed by atoms with Crippen LogP contribution in [0.4, 0.5) is 0 Å². The van der Waals surface area contributed by atoms with E-state index in [1.807, 2.05) is 30.3 Å².